The van der Waals surface area contributed by atoms with Crippen molar-refractivity contribution in [1.82, 2.24) is 4.98 Å². The van der Waals surface area contributed by atoms with Crippen LogP contribution in [0.15, 0.2) is 48.7 Å². The first-order valence-corrected chi connectivity index (χ1v) is 10.8. The minimum absolute atomic E-state index is 0.390. The fourth-order valence-electron chi connectivity index (χ4n) is 3.36. The van der Waals surface area contributed by atoms with Crippen LogP contribution in [0.25, 0.3) is 10.9 Å². The Labute approximate surface area is 177 Å². The van der Waals surface area contributed by atoms with E-state index >= 15 is 0 Å². The Balaban J connectivity index is 1.34. The maximum Gasteiger partial charge on any atom is 0.416 e. The Bertz CT molecular complexity index is 967. The zero-order valence-corrected chi connectivity index (χ0v) is 17.1. The maximum atomic E-state index is 12.6. The van der Waals surface area contributed by atoms with Gasteiger partial charge in [0.2, 0.25) is 0 Å². The summed E-state index contributed by atoms with van der Waals surface area (Å²) in [6.45, 7) is 2.01. The van der Waals surface area contributed by atoms with E-state index in [1.54, 1.807) is 11.9 Å². The Morgan fingerprint density at radius 1 is 1.10 bits per heavy atom. The molecule has 1 fully saturated rings. The second-order valence-electron chi connectivity index (χ2n) is 7.23. The van der Waals surface area contributed by atoms with Gasteiger partial charge in [0, 0.05) is 42.0 Å². The van der Waals surface area contributed by atoms with Crippen LogP contribution in [-0.4, -0.2) is 30.1 Å². The van der Waals surface area contributed by atoms with Crippen molar-refractivity contribution in [2.75, 3.05) is 24.5 Å². The second-order valence-corrected chi connectivity index (χ2v) is 8.34. The fraction of sp³-hybridized carbons (Fsp3) is 0.364. The third-order valence-corrected chi connectivity index (χ3v) is 6.24. The van der Waals surface area contributed by atoms with E-state index in [4.69, 9.17) is 9.47 Å². The molecular weight excluding hydrogens is 413 g/mol. The number of alkyl halides is 3. The van der Waals surface area contributed by atoms with Gasteiger partial charge in [0.15, 0.2) is 0 Å². The van der Waals surface area contributed by atoms with E-state index in [0.29, 0.717) is 18.3 Å². The van der Waals surface area contributed by atoms with E-state index < -0.39 is 11.7 Å². The molecule has 0 atom stereocenters. The van der Waals surface area contributed by atoms with Gasteiger partial charge in [-0.15, -0.1) is 0 Å². The Hall–Kier alpha value is -2.32. The molecule has 0 saturated carbocycles. The van der Waals surface area contributed by atoms with Gasteiger partial charge in [-0.1, -0.05) is 12.1 Å². The molecule has 0 bridgehead atoms. The molecule has 0 unspecified atom stereocenters. The lowest BCUT2D eigenvalue weighted by Gasteiger charge is -2.21. The SMILES string of the molecule is FC(F)(F)c1ccc(CCOc2ccc3[nH]cc(NSC4CCOCC4)c3c2)cc1. The lowest BCUT2D eigenvalue weighted by molar-refractivity contribution is -0.137. The molecule has 0 aliphatic carbocycles. The molecule has 0 radical (unpaired) electrons. The minimum Gasteiger partial charge on any atom is -0.493 e. The number of hydrogen-bond acceptors (Lipinski definition) is 4. The summed E-state index contributed by atoms with van der Waals surface area (Å²) in [7, 11) is 0. The fourth-order valence-corrected chi connectivity index (χ4v) is 4.25. The van der Waals surface area contributed by atoms with Crippen LogP contribution in [0.5, 0.6) is 5.75 Å². The van der Waals surface area contributed by atoms with Crippen molar-refractivity contribution in [2.45, 2.75) is 30.7 Å². The molecule has 1 saturated heterocycles. The Morgan fingerprint density at radius 3 is 2.60 bits per heavy atom. The Morgan fingerprint density at radius 2 is 1.87 bits per heavy atom. The highest BCUT2D eigenvalue weighted by atomic mass is 32.2. The third-order valence-electron chi connectivity index (χ3n) is 5.10. The van der Waals surface area contributed by atoms with E-state index in [1.807, 2.05) is 24.4 Å². The number of hydrogen-bond donors (Lipinski definition) is 2. The molecule has 160 valence electrons. The van der Waals surface area contributed by atoms with Crippen molar-refractivity contribution in [3.63, 3.8) is 0 Å². The van der Waals surface area contributed by atoms with Crippen LogP contribution in [-0.2, 0) is 17.3 Å². The molecule has 1 aromatic heterocycles. The summed E-state index contributed by atoms with van der Waals surface area (Å²) < 4.78 is 52.6. The maximum absolute atomic E-state index is 12.6. The van der Waals surface area contributed by atoms with Crippen LogP contribution >= 0.6 is 11.9 Å². The number of aromatic amines is 1. The molecule has 4 rings (SSSR count). The van der Waals surface area contributed by atoms with E-state index in [2.05, 4.69) is 9.71 Å². The molecule has 8 heteroatoms. The molecule has 0 spiro atoms. The molecule has 0 amide bonds. The number of H-pyrrole nitrogens is 1. The van der Waals surface area contributed by atoms with E-state index in [0.717, 1.165) is 66.1 Å². The van der Waals surface area contributed by atoms with Crippen molar-refractivity contribution < 1.29 is 22.6 Å². The molecule has 3 aromatic rings. The molecule has 30 heavy (non-hydrogen) atoms. The van der Waals surface area contributed by atoms with Crippen molar-refractivity contribution in [3.05, 3.63) is 59.8 Å². The summed E-state index contributed by atoms with van der Waals surface area (Å²) in [6, 6.07) is 11.0. The van der Waals surface area contributed by atoms with Gasteiger partial charge in [-0.2, -0.15) is 13.2 Å². The van der Waals surface area contributed by atoms with Gasteiger partial charge in [-0.05, 0) is 60.7 Å². The molecule has 2 aromatic carbocycles. The predicted molar refractivity (Wildman–Crippen MR) is 114 cm³/mol. The lowest BCUT2D eigenvalue weighted by atomic mass is 10.1. The summed E-state index contributed by atoms with van der Waals surface area (Å²) in [4.78, 5) is 3.25. The quantitative estimate of drug-likeness (QED) is 0.443. The van der Waals surface area contributed by atoms with Crippen molar-refractivity contribution >= 4 is 28.5 Å². The first-order chi connectivity index (χ1) is 14.5. The minimum atomic E-state index is -4.31. The highest BCUT2D eigenvalue weighted by molar-refractivity contribution is 8.01. The number of rotatable bonds is 7. The topological polar surface area (TPSA) is 46.3 Å². The summed E-state index contributed by atoms with van der Waals surface area (Å²) in [5.74, 6) is 0.730. The molecular formula is C22H23F3N2O2S. The normalized spacial score (nSPS) is 15.4. The first-order valence-electron chi connectivity index (χ1n) is 9.88. The standard InChI is InChI=1S/C22H23F3N2O2S/c23-22(24,25)16-3-1-15(2-4-16)7-12-29-17-5-6-20-19(13-17)21(14-26-20)27-30-18-8-10-28-11-9-18/h1-6,13-14,18,26-27H,7-12H2. The number of fused-ring (bicyclic) bond motifs is 1. The average molecular weight is 436 g/mol. The van der Waals surface area contributed by atoms with Crippen LogP contribution < -0.4 is 9.46 Å². The van der Waals surface area contributed by atoms with Gasteiger partial charge in [0.25, 0.3) is 0 Å². The smallest absolute Gasteiger partial charge is 0.416 e. The summed E-state index contributed by atoms with van der Waals surface area (Å²) in [5.41, 5.74) is 2.19. The van der Waals surface area contributed by atoms with Crippen LogP contribution in [0, 0.1) is 0 Å². The van der Waals surface area contributed by atoms with E-state index in [1.165, 1.54) is 12.1 Å². The zero-order chi connectivity index (χ0) is 21.0. The molecule has 4 nitrogen and oxygen atoms in total. The summed E-state index contributed by atoms with van der Waals surface area (Å²) in [6.07, 6.45) is 0.253. The van der Waals surface area contributed by atoms with Crippen LogP contribution in [0.2, 0.25) is 0 Å². The average Bonchev–Trinajstić information content (AvgIpc) is 3.15. The van der Waals surface area contributed by atoms with Gasteiger partial charge in [0.05, 0.1) is 17.9 Å². The van der Waals surface area contributed by atoms with E-state index in [9.17, 15) is 13.2 Å². The molecule has 2 N–H and O–H groups in total. The van der Waals surface area contributed by atoms with Crippen LogP contribution in [0.3, 0.4) is 0 Å². The van der Waals surface area contributed by atoms with Gasteiger partial charge < -0.3 is 19.2 Å². The lowest BCUT2D eigenvalue weighted by Crippen LogP contribution is -2.18. The van der Waals surface area contributed by atoms with Crippen molar-refractivity contribution in [3.8, 4) is 5.75 Å². The number of benzene rings is 2. The van der Waals surface area contributed by atoms with E-state index in [-0.39, 0.29) is 0 Å². The third kappa shape index (κ3) is 5.23. The number of ether oxygens (including phenoxy) is 2. The first kappa shape index (κ1) is 20.9. The summed E-state index contributed by atoms with van der Waals surface area (Å²) >= 11 is 1.72. The van der Waals surface area contributed by atoms with Gasteiger partial charge in [-0.3, -0.25) is 0 Å². The molecule has 1 aliphatic heterocycles. The zero-order valence-electron chi connectivity index (χ0n) is 16.3. The van der Waals surface area contributed by atoms with Crippen LogP contribution in [0.4, 0.5) is 18.9 Å². The van der Waals surface area contributed by atoms with Gasteiger partial charge >= 0.3 is 6.18 Å². The Kier molecular flexibility index (Phi) is 6.43. The van der Waals surface area contributed by atoms with Crippen molar-refractivity contribution in [1.29, 1.82) is 0 Å². The van der Waals surface area contributed by atoms with Gasteiger partial charge in [0.1, 0.15) is 5.75 Å². The number of aromatic nitrogens is 1. The highest BCUT2D eigenvalue weighted by Crippen LogP contribution is 2.32. The highest BCUT2D eigenvalue weighted by Gasteiger charge is 2.29. The van der Waals surface area contributed by atoms with Crippen LogP contribution in [0.1, 0.15) is 24.0 Å². The predicted octanol–water partition coefficient (Wildman–Crippen LogP) is 6.05. The second kappa shape index (κ2) is 9.22. The number of halogens is 3. The molecule has 1 aliphatic rings. The number of nitrogens with one attached hydrogen (secondary N) is 2. The largest absolute Gasteiger partial charge is 0.493 e. The number of anilines is 1. The molecule has 2 heterocycles. The van der Waals surface area contributed by atoms with Gasteiger partial charge in [-0.25, -0.2) is 0 Å². The summed E-state index contributed by atoms with van der Waals surface area (Å²) in [5, 5.41) is 1.58. The van der Waals surface area contributed by atoms with Crippen molar-refractivity contribution in [2.24, 2.45) is 0 Å². The monoisotopic (exact) mass is 436 g/mol.